The van der Waals surface area contributed by atoms with Crippen molar-refractivity contribution in [2.75, 3.05) is 33.3 Å². The van der Waals surface area contributed by atoms with Crippen LogP contribution in [0.1, 0.15) is 56.4 Å². The van der Waals surface area contributed by atoms with Gasteiger partial charge in [0.2, 0.25) is 17.7 Å². The summed E-state index contributed by atoms with van der Waals surface area (Å²) in [5, 5.41) is 5.81. The minimum Gasteiger partial charge on any atom is -0.469 e. The zero-order valence-corrected chi connectivity index (χ0v) is 18.2. The number of hydrogen-bond donors (Lipinski definition) is 2. The molecule has 0 bridgehead atoms. The first-order valence-electron chi connectivity index (χ1n) is 10.9. The third-order valence-corrected chi connectivity index (χ3v) is 5.42. The first kappa shape index (κ1) is 24.4. The van der Waals surface area contributed by atoms with Crippen molar-refractivity contribution in [2.24, 2.45) is 0 Å². The summed E-state index contributed by atoms with van der Waals surface area (Å²) < 4.78 is 4.59. The number of rotatable bonds is 5. The quantitative estimate of drug-likeness (QED) is 0.691. The predicted octanol–water partition coefficient (Wildman–Crippen LogP) is 1.75. The van der Waals surface area contributed by atoms with Crippen LogP contribution in [0.3, 0.4) is 0 Å². The highest BCUT2D eigenvalue weighted by Crippen LogP contribution is 2.24. The second-order valence-corrected chi connectivity index (χ2v) is 7.73. The number of carbonyl (C=O) groups excluding carboxylic acids is 4. The van der Waals surface area contributed by atoms with E-state index in [2.05, 4.69) is 15.4 Å². The first-order chi connectivity index (χ1) is 15.0. The van der Waals surface area contributed by atoms with Crippen molar-refractivity contribution in [2.45, 2.75) is 50.9 Å². The molecule has 0 radical (unpaired) electrons. The van der Waals surface area contributed by atoms with Gasteiger partial charge >= 0.3 is 5.97 Å². The monoisotopic (exact) mass is 431 g/mol. The Labute approximate surface area is 183 Å². The topological polar surface area (TPSA) is 105 Å². The van der Waals surface area contributed by atoms with Gasteiger partial charge in [-0.15, -0.1) is 0 Å². The zero-order chi connectivity index (χ0) is 22.5. The van der Waals surface area contributed by atoms with Crippen LogP contribution in [-0.2, 0) is 23.9 Å². The average molecular weight is 432 g/mol. The maximum atomic E-state index is 12.6. The molecule has 1 unspecified atom stereocenters. The Kier molecular flexibility index (Phi) is 10.5. The van der Waals surface area contributed by atoms with Gasteiger partial charge in [-0.1, -0.05) is 30.3 Å². The molecule has 0 aromatic heterocycles. The summed E-state index contributed by atoms with van der Waals surface area (Å²) in [6, 6.07) is 9.99. The molecular weight excluding hydrogens is 398 g/mol. The van der Waals surface area contributed by atoms with Crippen LogP contribution in [0.2, 0.25) is 0 Å². The standard InChI is InChI=1S/C23H33N3O5/c1-31-23(30)10-5-9-22(29)26-16-6-14-24-20(27)12-11-19(13-15-25-21(28)17-26)18-7-3-2-4-8-18/h2-4,7-8,19H,5-6,9-17H2,1H3,(H,24,27)(H,25,28). The molecule has 31 heavy (non-hydrogen) atoms. The number of amides is 3. The number of hydrogen-bond acceptors (Lipinski definition) is 5. The maximum absolute atomic E-state index is 12.6. The average Bonchev–Trinajstić information content (AvgIpc) is 2.77. The highest BCUT2D eigenvalue weighted by molar-refractivity contribution is 5.85. The van der Waals surface area contributed by atoms with Gasteiger partial charge in [-0.25, -0.2) is 0 Å². The Morgan fingerprint density at radius 3 is 2.52 bits per heavy atom. The molecular formula is C23H33N3O5. The Bertz CT molecular complexity index is 738. The van der Waals surface area contributed by atoms with Gasteiger partial charge in [0.15, 0.2) is 0 Å². The molecule has 170 valence electrons. The number of nitrogens with one attached hydrogen (secondary N) is 2. The van der Waals surface area contributed by atoms with Crippen LogP contribution >= 0.6 is 0 Å². The molecule has 8 heteroatoms. The fraction of sp³-hybridized carbons (Fsp3) is 0.565. The summed E-state index contributed by atoms with van der Waals surface area (Å²) in [6.07, 6.45) is 3.13. The summed E-state index contributed by atoms with van der Waals surface area (Å²) >= 11 is 0. The van der Waals surface area contributed by atoms with Crippen LogP contribution in [0.15, 0.2) is 30.3 Å². The van der Waals surface area contributed by atoms with Crippen LogP contribution < -0.4 is 10.6 Å². The lowest BCUT2D eigenvalue weighted by Crippen LogP contribution is -2.42. The molecule has 1 heterocycles. The molecule has 1 saturated heterocycles. The number of carbonyl (C=O) groups is 4. The van der Waals surface area contributed by atoms with Gasteiger partial charge in [-0.05, 0) is 37.2 Å². The minimum atomic E-state index is -0.359. The van der Waals surface area contributed by atoms with Crippen molar-refractivity contribution >= 4 is 23.7 Å². The van der Waals surface area contributed by atoms with Crippen LogP contribution in [0, 0.1) is 0 Å². The summed E-state index contributed by atoms with van der Waals surface area (Å²) in [5.74, 6) is -0.569. The van der Waals surface area contributed by atoms with Crippen molar-refractivity contribution in [1.29, 1.82) is 0 Å². The van der Waals surface area contributed by atoms with E-state index in [4.69, 9.17) is 0 Å². The molecule has 2 rings (SSSR count). The van der Waals surface area contributed by atoms with Crippen LogP contribution in [-0.4, -0.2) is 61.9 Å². The lowest BCUT2D eigenvalue weighted by molar-refractivity contribution is -0.141. The number of benzene rings is 1. The van der Waals surface area contributed by atoms with E-state index in [0.717, 1.165) is 18.4 Å². The molecule has 1 atom stereocenters. The lowest BCUT2D eigenvalue weighted by Gasteiger charge is -2.24. The van der Waals surface area contributed by atoms with E-state index in [1.165, 1.54) is 12.0 Å². The van der Waals surface area contributed by atoms with Crippen LogP contribution in [0.5, 0.6) is 0 Å². The van der Waals surface area contributed by atoms with Crippen LogP contribution in [0.4, 0.5) is 0 Å². The van der Waals surface area contributed by atoms with E-state index in [-0.39, 0.29) is 49.0 Å². The smallest absolute Gasteiger partial charge is 0.305 e. The van der Waals surface area contributed by atoms with E-state index < -0.39 is 0 Å². The van der Waals surface area contributed by atoms with Crippen molar-refractivity contribution in [3.63, 3.8) is 0 Å². The molecule has 1 fully saturated rings. The van der Waals surface area contributed by atoms with Crippen molar-refractivity contribution < 1.29 is 23.9 Å². The van der Waals surface area contributed by atoms with E-state index in [1.807, 2.05) is 30.3 Å². The Morgan fingerprint density at radius 2 is 1.77 bits per heavy atom. The van der Waals surface area contributed by atoms with Crippen molar-refractivity contribution in [3.05, 3.63) is 35.9 Å². The minimum absolute atomic E-state index is 0.00187. The third kappa shape index (κ3) is 9.19. The van der Waals surface area contributed by atoms with E-state index in [0.29, 0.717) is 38.9 Å². The molecule has 8 nitrogen and oxygen atoms in total. The largest absolute Gasteiger partial charge is 0.469 e. The number of nitrogens with zero attached hydrogens (tertiary/aromatic N) is 1. The summed E-state index contributed by atoms with van der Waals surface area (Å²) in [7, 11) is 1.31. The summed E-state index contributed by atoms with van der Waals surface area (Å²) in [5.41, 5.74) is 1.15. The molecule has 0 spiro atoms. The fourth-order valence-corrected chi connectivity index (χ4v) is 3.65. The van der Waals surface area contributed by atoms with Crippen molar-refractivity contribution in [3.8, 4) is 0 Å². The Balaban J connectivity index is 1.96. The molecule has 1 aromatic rings. The molecule has 0 saturated carbocycles. The Hall–Kier alpha value is -2.90. The number of esters is 1. The normalized spacial score (nSPS) is 19.0. The summed E-state index contributed by atoms with van der Waals surface area (Å²) in [4.78, 5) is 50.0. The van der Waals surface area contributed by atoms with Crippen molar-refractivity contribution in [1.82, 2.24) is 15.5 Å². The number of ether oxygens (including phenoxy) is 1. The lowest BCUT2D eigenvalue weighted by atomic mass is 9.91. The molecule has 1 aliphatic heterocycles. The van der Waals surface area contributed by atoms with E-state index in [1.54, 1.807) is 0 Å². The second kappa shape index (κ2) is 13.4. The fourth-order valence-electron chi connectivity index (χ4n) is 3.65. The van der Waals surface area contributed by atoms with Gasteiger partial charge in [0.1, 0.15) is 0 Å². The maximum Gasteiger partial charge on any atom is 0.305 e. The molecule has 0 aliphatic carbocycles. The second-order valence-electron chi connectivity index (χ2n) is 7.73. The first-order valence-corrected chi connectivity index (χ1v) is 10.9. The highest BCUT2D eigenvalue weighted by Gasteiger charge is 2.19. The number of methoxy groups -OCH3 is 1. The van der Waals surface area contributed by atoms with Gasteiger partial charge in [0.05, 0.1) is 13.7 Å². The van der Waals surface area contributed by atoms with Crippen LogP contribution in [0.25, 0.3) is 0 Å². The van der Waals surface area contributed by atoms with E-state index >= 15 is 0 Å². The molecule has 1 aromatic carbocycles. The van der Waals surface area contributed by atoms with Gasteiger partial charge < -0.3 is 20.3 Å². The van der Waals surface area contributed by atoms with E-state index in [9.17, 15) is 19.2 Å². The van der Waals surface area contributed by atoms with Gasteiger partial charge in [-0.2, -0.15) is 0 Å². The molecule has 2 N–H and O–H groups in total. The highest BCUT2D eigenvalue weighted by atomic mass is 16.5. The van der Waals surface area contributed by atoms with Gasteiger partial charge in [0.25, 0.3) is 0 Å². The SMILES string of the molecule is COC(=O)CCCC(=O)N1CCCNC(=O)CCC(c2ccccc2)CCNC(=O)C1. The molecule has 1 aliphatic rings. The van der Waals surface area contributed by atoms with Gasteiger partial charge in [-0.3, -0.25) is 19.2 Å². The third-order valence-electron chi connectivity index (χ3n) is 5.42. The van der Waals surface area contributed by atoms with Gasteiger partial charge in [0, 0.05) is 38.9 Å². The summed E-state index contributed by atoms with van der Waals surface area (Å²) in [6.45, 7) is 1.27. The zero-order valence-electron chi connectivity index (χ0n) is 18.2. The predicted molar refractivity (Wildman–Crippen MR) is 116 cm³/mol. The Morgan fingerprint density at radius 1 is 1.03 bits per heavy atom. The molecule has 3 amide bonds.